The van der Waals surface area contributed by atoms with E-state index in [2.05, 4.69) is 9.97 Å². The zero-order chi connectivity index (χ0) is 37.8. The number of pyridine rings is 2. The van der Waals surface area contributed by atoms with Gasteiger partial charge in [-0.15, -0.1) is 0 Å². The van der Waals surface area contributed by atoms with E-state index in [1.165, 1.54) is 21.6 Å². The summed E-state index contributed by atoms with van der Waals surface area (Å²) in [5.74, 6) is -3.68. The number of aromatic nitrogens is 2. The molecule has 4 rings (SSSR count). The fourth-order valence-corrected chi connectivity index (χ4v) is 5.37. The Balaban J connectivity index is 0.000000295. The summed E-state index contributed by atoms with van der Waals surface area (Å²) in [7, 11) is 0. The van der Waals surface area contributed by atoms with Gasteiger partial charge in [-0.2, -0.15) is 0 Å². The number of rotatable bonds is 9. The minimum absolute atomic E-state index is 0.0470. The molecule has 13 nitrogen and oxygen atoms in total. The minimum Gasteiger partial charge on any atom is -0.481 e. The summed E-state index contributed by atoms with van der Waals surface area (Å²) < 4.78 is 10.7. The van der Waals surface area contributed by atoms with Gasteiger partial charge < -0.3 is 24.4 Å². The van der Waals surface area contributed by atoms with Crippen molar-refractivity contribution in [1.82, 2.24) is 19.8 Å². The first-order chi connectivity index (χ1) is 23.3. The molecule has 1 N–H and O–H groups in total. The van der Waals surface area contributed by atoms with Crippen LogP contribution in [0.4, 0.5) is 0 Å². The largest absolute Gasteiger partial charge is 0.481 e. The van der Waals surface area contributed by atoms with Crippen LogP contribution in [0.5, 0.6) is 0 Å². The van der Waals surface area contributed by atoms with Crippen molar-refractivity contribution in [3.8, 4) is 0 Å². The van der Waals surface area contributed by atoms with Crippen molar-refractivity contribution in [1.29, 1.82) is 0 Å². The number of aliphatic carboxylic acids is 1. The molecule has 2 aromatic rings. The predicted molar refractivity (Wildman–Crippen MR) is 185 cm³/mol. The Bertz CT molecular complexity index is 1470. The number of carbonyl (C=O) groups excluding carboxylic acids is 5. The summed E-state index contributed by atoms with van der Waals surface area (Å²) in [5.41, 5.74) is 0.461. The number of ether oxygens (including phenoxy) is 2. The second kappa shape index (κ2) is 18.4. The first-order valence-electron chi connectivity index (χ1n) is 16.9. The molecular formula is C37H52N4O9. The molecule has 0 aliphatic carbocycles. The third-order valence-corrected chi connectivity index (χ3v) is 7.68. The maximum Gasteiger partial charge on any atom is 0.329 e. The molecule has 4 heterocycles. The topological polar surface area (TPSA) is 173 Å². The maximum atomic E-state index is 12.5. The molecule has 2 aliphatic rings. The molecular weight excluding hydrogens is 644 g/mol. The first kappa shape index (κ1) is 41.5. The molecule has 2 amide bonds. The van der Waals surface area contributed by atoms with E-state index < -0.39 is 53.0 Å². The Morgan fingerprint density at radius 1 is 0.780 bits per heavy atom. The van der Waals surface area contributed by atoms with E-state index in [1.807, 2.05) is 32.2 Å². The van der Waals surface area contributed by atoms with E-state index in [-0.39, 0.29) is 43.5 Å². The van der Waals surface area contributed by atoms with Crippen molar-refractivity contribution in [2.24, 2.45) is 11.8 Å². The van der Waals surface area contributed by atoms with Crippen LogP contribution in [0.25, 0.3) is 0 Å². The second-order valence-electron chi connectivity index (χ2n) is 14.3. The smallest absolute Gasteiger partial charge is 0.329 e. The molecule has 0 saturated carbocycles. The fourth-order valence-electron chi connectivity index (χ4n) is 5.37. The highest BCUT2D eigenvalue weighted by atomic mass is 16.6. The Labute approximate surface area is 294 Å². The number of likely N-dealkylation sites (tertiary alicyclic amines) is 2. The zero-order valence-corrected chi connectivity index (χ0v) is 30.7. The van der Waals surface area contributed by atoms with Crippen molar-refractivity contribution in [3.63, 3.8) is 0 Å². The van der Waals surface area contributed by atoms with Gasteiger partial charge in [0.05, 0.1) is 5.92 Å². The van der Waals surface area contributed by atoms with Gasteiger partial charge in [-0.3, -0.25) is 29.1 Å². The SMILES string of the molecule is CC[C@@H](C(=O)OC(C)(C)C)N1C[C@H](C(=O)O)CC1=O.CC[C@@H](C(=O)OC(C)(C)C)N1C[C@H](C(=O)c2cccnc2)CC1=O.Cc1cccnc1. The number of carboxylic acid groups (broad SMARTS) is 1. The van der Waals surface area contributed by atoms with E-state index in [4.69, 9.17) is 14.6 Å². The van der Waals surface area contributed by atoms with E-state index in [0.717, 1.165) is 0 Å². The van der Waals surface area contributed by atoms with Crippen molar-refractivity contribution >= 4 is 35.5 Å². The van der Waals surface area contributed by atoms with Gasteiger partial charge in [-0.25, -0.2) is 9.59 Å². The summed E-state index contributed by atoms with van der Waals surface area (Å²) >= 11 is 0. The molecule has 2 saturated heterocycles. The van der Waals surface area contributed by atoms with Crippen LogP contribution in [0.1, 0.15) is 97.0 Å². The number of aryl methyl sites for hydroxylation is 1. The summed E-state index contributed by atoms with van der Waals surface area (Å²) in [6, 6.07) is 5.98. The highest BCUT2D eigenvalue weighted by molar-refractivity contribution is 6.01. The van der Waals surface area contributed by atoms with Crippen molar-refractivity contribution in [2.45, 2.75) is 111 Å². The van der Waals surface area contributed by atoms with Crippen LogP contribution in [0.15, 0.2) is 49.1 Å². The molecule has 2 aromatic heterocycles. The number of hydrogen-bond donors (Lipinski definition) is 1. The lowest BCUT2D eigenvalue weighted by molar-refractivity contribution is -0.164. The second-order valence-corrected chi connectivity index (χ2v) is 14.3. The van der Waals surface area contributed by atoms with E-state index in [9.17, 15) is 28.8 Å². The molecule has 274 valence electrons. The van der Waals surface area contributed by atoms with Crippen molar-refractivity contribution < 1.29 is 43.3 Å². The Kier molecular flexibility index (Phi) is 15.2. The summed E-state index contributed by atoms with van der Waals surface area (Å²) in [5, 5.41) is 8.93. The van der Waals surface area contributed by atoms with Crippen LogP contribution in [0.3, 0.4) is 0 Å². The monoisotopic (exact) mass is 696 g/mol. The molecule has 0 aromatic carbocycles. The quantitative estimate of drug-likeness (QED) is 0.285. The average molecular weight is 697 g/mol. The molecule has 0 radical (unpaired) electrons. The highest BCUT2D eigenvalue weighted by Gasteiger charge is 2.42. The number of hydrogen-bond acceptors (Lipinski definition) is 10. The van der Waals surface area contributed by atoms with Gasteiger partial charge in [0.2, 0.25) is 11.8 Å². The number of esters is 2. The number of carbonyl (C=O) groups is 6. The number of Topliss-reactive ketones (excluding diaryl/α,β-unsaturated/α-hetero) is 1. The van der Waals surface area contributed by atoms with Crippen LogP contribution in [0.2, 0.25) is 0 Å². The minimum atomic E-state index is -1.00. The van der Waals surface area contributed by atoms with E-state index in [0.29, 0.717) is 18.4 Å². The summed E-state index contributed by atoms with van der Waals surface area (Å²) in [6.45, 7) is 16.6. The first-order valence-corrected chi connectivity index (χ1v) is 16.9. The third kappa shape index (κ3) is 13.0. The number of carboxylic acids is 1. The summed E-state index contributed by atoms with van der Waals surface area (Å²) in [4.78, 5) is 82.6. The lowest BCUT2D eigenvalue weighted by atomic mass is 9.98. The van der Waals surface area contributed by atoms with Gasteiger partial charge in [0.15, 0.2) is 5.78 Å². The zero-order valence-electron chi connectivity index (χ0n) is 30.7. The van der Waals surface area contributed by atoms with Gasteiger partial charge in [-0.05, 0) is 85.1 Å². The lowest BCUT2D eigenvalue weighted by Gasteiger charge is -2.29. The predicted octanol–water partition coefficient (Wildman–Crippen LogP) is 4.66. The standard InChI is InChI=1S/C18H24N2O4.C13H21NO5.C6H7N/c1-5-14(17(23)24-18(2,3)4)20-11-13(9-15(20)21)16(22)12-7-6-8-19-10-12;1-5-9(12(18)19-13(2,3)4)14-7-8(11(16)17)6-10(14)15;1-6-3-2-4-7-5-6/h6-8,10,13-14H,5,9,11H2,1-4H3;8-9H,5-7H2,1-4H3,(H,16,17);2-5H,1H3/t13-,14+;8-,9+;/m11./s1. The molecule has 4 atom stereocenters. The van der Waals surface area contributed by atoms with Gasteiger partial charge in [0, 0.05) is 62.2 Å². The fraction of sp³-hybridized carbons (Fsp3) is 0.568. The Morgan fingerprint density at radius 3 is 1.54 bits per heavy atom. The highest BCUT2D eigenvalue weighted by Crippen LogP contribution is 2.26. The van der Waals surface area contributed by atoms with Crippen molar-refractivity contribution in [2.75, 3.05) is 13.1 Å². The molecule has 0 unspecified atom stereocenters. The number of nitrogens with zero attached hydrogens (tertiary/aromatic N) is 4. The maximum absolute atomic E-state index is 12.5. The molecule has 50 heavy (non-hydrogen) atoms. The number of amides is 2. The van der Waals surface area contributed by atoms with Crippen LogP contribution in [-0.4, -0.2) is 96.8 Å². The van der Waals surface area contributed by atoms with Crippen LogP contribution >= 0.6 is 0 Å². The van der Waals surface area contributed by atoms with E-state index >= 15 is 0 Å². The molecule has 2 aliphatic heterocycles. The molecule has 13 heteroatoms. The Hall–Kier alpha value is -4.68. The number of ketones is 1. The van der Waals surface area contributed by atoms with Gasteiger partial charge in [0.25, 0.3) is 0 Å². The molecule has 0 spiro atoms. The van der Waals surface area contributed by atoms with Crippen molar-refractivity contribution in [3.05, 3.63) is 60.2 Å². The summed E-state index contributed by atoms with van der Waals surface area (Å²) in [6.07, 6.45) is 7.63. The van der Waals surface area contributed by atoms with Gasteiger partial charge in [-0.1, -0.05) is 19.9 Å². The molecule has 2 fully saturated rings. The Morgan fingerprint density at radius 2 is 1.22 bits per heavy atom. The third-order valence-electron chi connectivity index (χ3n) is 7.68. The van der Waals surface area contributed by atoms with Gasteiger partial charge in [0.1, 0.15) is 23.3 Å². The van der Waals surface area contributed by atoms with Crippen LogP contribution < -0.4 is 0 Å². The van der Waals surface area contributed by atoms with Crippen LogP contribution in [0, 0.1) is 18.8 Å². The molecule has 0 bridgehead atoms. The van der Waals surface area contributed by atoms with Crippen LogP contribution in [-0.2, 0) is 33.4 Å². The normalized spacial score (nSPS) is 18.6. The average Bonchev–Trinajstić information content (AvgIpc) is 3.60. The van der Waals surface area contributed by atoms with E-state index in [1.54, 1.807) is 73.0 Å². The lowest BCUT2D eigenvalue weighted by Crippen LogP contribution is -2.45. The van der Waals surface area contributed by atoms with Gasteiger partial charge >= 0.3 is 17.9 Å².